The molecule has 0 radical (unpaired) electrons. The molecule has 2 rings (SSSR count). The fraction of sp³-hybridized carbons (Fsp3) is 0.312. The van der Waals surface area contributed by atoms with E-state index in [-0.39, 0.29) is 11.9 Å². The van der Waals surface area contributed by atoms with Crippen LogP contribution in [0, 0.1) is 5.82 Å². The lowest BCUT2D eigenvalue weighted by molar-refractivity contribution is 0.524. The summed E-state index contributed by atoms with van der Waals surface area (Å²) in [6.07, 6.45) is 3.46. The highest BCUT2D eigenvalue weighted by molar-refractivity contribution is 9.10. The zero-order chi connectivity index (χ0) is 15.2. The van der Waals surface area contributed by atoms with Gasteiger partial charge in [-0.3, -0.25) is 0 Å². The third kappa shape index (κ3) is 4.79. The third-order valence-corrected chi connectivity index (χ3v) is 3.67. The number of nitrogens with one attached hydrogen (secondary N) is 1. The summed E-state index contributed by atoms with van der Waals surface area (Å²) in [6, 6.07) is 8.81. The molecule has 3 N–H and O–H groups in total. The van der Waals surface area contributed by atoms with Gasteiger partial charge in [0.2, 0.25) is 0 Å². The summed E-state index contributed by atoms with van der Waals surface area (Å²) in [4.78, 5) is 4.00. The summed E-state index contributed by atoms with van der Waals surface area (Å²) in [7, 11) is 0. The minimum absolute atomic E-state index is 0.0405. The monoisotopic (exact) mass is 351 g/mol. The van der Waals surface area contributed by atoms with E-state index in [0.29, 0.717) is 5.82 Å². The van der Waals surface area contributed by atoms with E-state index in [9.17, 15) is 4.39 Å². The third-order valence-electron chi connectivity index (χ3n) is 3.21. The number of hydrogen-bond acceptors (Lipinski definition) is 3. The Bertz CT molecular complexity index is 584. The van der Waals surface area contributed by atoms with E-state index < -0.39 is 0 Å². The average Bonchev–Trinajstić information content (AvgIpc) is 2.42. The lowest BCUT2D eigenvalue weighted by atomic mass is 9.99. The number of nitrogens with zero attached hydrogens (tertiary/aromatic N) is 1. The number of benzene rings is 1. The van der Waals surface area contributed by atoms with Crippen LogP contribution in [0.1, 0.15) is 30.5 Å². The number of rotatable bonds is 6. The van der Waals surface area contributed by atoms with Crippen molar-refractivity contribution in [2.45, 2.75) is 25.8 Å². The van der Waals surface area contributed by atoms with Gasteiger partial charge in [-0.2, -0.15) is 0 Å². The fourth-order valence-electron chi connectivity index (χ4n) is 2.26. The van der Waals surface area contributed by atoms with Gasteiger partial charge >= 0.3 is 0 Å². The average molecular weight is 352 g/mol. The number of halogens is 2. The van der Waals surface area contributed by atoms with Crippen molar-refractivity contribution in [3.05, 3.63) is 57.9 Å². The molecule has 3 nitrogen and oxygen atoms in total. The number of anilines is 1. The number of aromatic nitrogens is 1. The SMILES string of the molecule is CCCNC(Cc1ccnc(N)c1)c1cc(F)cc(Br)c1. The highest BCUT2D eigenvalue weighted by Crippen LogP contribution is 2.24. The van der Waals surface area contributed by atoms with Crippen LogP contribution >= 0.6 is 15.9 Å². The van der Waals surface area contributed by atoms with Crippen molar-refractivity contribution in [1.82, 2.24) is 10.3 Å². The van der Waals surface area contributed by atoms with Crippen molar-refractivity contribution >= 4 is 21.7 Å². The van der Waals surface area contributed by atoms with Crippen molar-refractivity contribution in [2.24, 2.45) is 0 Å². The van der Waals surface area contributed by atoms with Crippen LogP contribution in [-0.4, -0.2) is 11.5 Å². The van der Waals surface area contributed by atoms with E-state index >= 15 is 0 Å². The topological polar surface area (TPSA) is 50.9 Å². The Labute approximate surface area is 132 Å². The van der Waals surface area contributed by atoms with Crippen LogP contribution in [0.4, 0.5) is 10.2 Å². The highest BCUT2D eigenvalue weighted by atomic mass is 79.9. The quantitative estimate of drug-likeness (QED) is 0.830. The normalized spacial score (nSPS) is 12.3. The summed E-state index contributed by atoms with van der Waals surface area (Å²) < 4.78 is 14.4. The summed E-state index contributed by atoms with van der Waals surface area (Å²) >= 11 is 3.35. The van der Waals surface area contributed by atoms with Crippen molar-refractivity contribution < 1.29 is 4.39 Å². The Morgan fingerprint density at radius 2 is 2.14 bits per heavy atom. The lowest BCUT2D eigenvalue weighted by Crippen LogP contribution is -2.24. The van der Waals surface area contributed by atoms with Crippen molar-refractivity contribution in [2.75, 3.05) is 12.3 Å². The molecule has 0 aliphatic carbocycles. The van der Waals surface area contributed by atoms with Crippen molar-refractivity contribution in [3.63, 3.8) is 0 Å². The summed E-state index contributed by atoms with van der Waals surface area (Å²) in [6.45, 7) is 2.98. The van der Waals surface area contributed by atoms with Gasteiger partial charge in [0.25, 0.3) is 0 Å². The molecule has 0 spiro atoms. The van der Waals surface area contributed by atoms with E-state index in [1.54, 1.807) is 12.3 Å². The van der Waals surface area contributed by atoms with Gasteiger partial charge in [-0.05, 0) is 60.8 Å². The molecule has 2 aromatic rings. The molecular formula is C16H19BrFN3. The van der Waals surface area contributed by atoms with Gasteiger partial charge in [0.05, 0.1) is 0 Å². The van der Waals surface area contributed by atoms with Gasteiger partial charge in [-0.25, -0.2) is 9.37 Å². The standard InChI is InChI=1S/C16H19BrFN3/c1-2-4-20-15(6-11-3-5-21-16(19)7-11)12-8-13(17)10-14(18)9-12/h3,5,7-10,15,20H,2,4,6H2,1H3,(H2,19,21). The summed E-state index contributed by atoms with van der Waals surface area (Å²) in [5.41, 5.74) is 7.72. The van der Waals surface area contributed by atoms with Gasteiger partial charge in [0, 0.05) is 16.7 Å². The van der Waals surface area contributed by atoms with Gasteiger partial charge in [-0.15, -0.1) is 0 Å². The first-order valence-electron chi connectivity index (χ1n) is 6.98. The van der Waals surface area contributed by atoms with Gasteiger partial charge in [-0.1, -0.05) is 22.9 Å². The second-order valence-electron chi connectivity index (χ2n) is 5.00. The van der Waals surface area contributed by atoms with Crippen molar-refractivity contribution in [3.8, 4) is 0 Å². The maximum atomic E-state index is 13.6. The minimum atomic E-state index is -0.239. The number of nitrogens with two attached hydrogens (primary N) is 1. The molecule has 0 saturated heterocycles. The minimum Gasteiger partial charge on any atom is -0.384 e. The second-order valence-corrected chi connectivity index (χ2v) is 5.92. The largest absolute Gasteiger partial charge is 0.384 e. The molecule has 112 valence electrons. The molecular weight excluding hydrogens is 333 g/mol. The van der Waals surface area contributed by atoms with Crippen LogP contribution in [0.25, 0.3) is 0 Å². The molecule has 5 heteroatoms. The predicted molar refractivity (Wildman–Crippen MR) is 87.5 cm³/mol. The maximum Gasteiger partial charge on any atom is 0.124 e. The first-order valence-corrected chi connectivity index (χ1v) is 7.77. The molecule has 0 bridgehead atoms. The number of pyridine rings is 1. The summed E-state index contributed by atoms with van der Waals surface area (Å²) in [5.74, 6) is 0.263. The Hall–Kier alpha value is -1.46. The number of hydrogen-bond donors (Lipinski definition) is 2. The van der Waals surface area contributed by atoms with Crippen LogP contribution in [0.15, 0.2) is 41.0 Å². The maximum absolute atomic E-state index is 13.6. The first-order chi connectivity index (χ1) is 10.1. The van der Waals surface area contributed by atoms with E-state index in [2.05, 4.69) is 33.2 Å². The molecule has 1 atom stereocenters. The van der Waals surface area contributed by atoms with Crippen LogP contribution < -0.4 is 11.1 Å². The summed E-state index contributed by atoms with van der Waals surface area (Å²) in [5, 5.41) is 3.46. The van der Waals surface area contributed by atoms with E-state index in [1.165, 1.54) is 6.07 Å². The van der Waals surface area contributed by atoms with Crippen LogP contribution in [0.3, 0.4) is 0 Å². The molecule has 0 aliphatic heterocycles. The molecule has 1 heterocycles. The zero-order valence-electron chi connectivity index (χ0n) is 11.9. The number of nitrogen functional groups attached to an aromatic ring is 1. The molecule has 1 aromatic heterocycles. The van der Waals surface area contributed by atoms with Crippen LogP contribution in [-0.2, 0) is 6.42 Å². The van der Waals surface area contributed by atoms with Crippen LogP contribution in [0.2, 0.25) is 0 Å². The van der Waals surface area contributed by atoms with Crippen molar-refractivity contribution in [1.29, 1.82) is 0 Å². The molecule has 1 unspecified atom stereocenters. The molecule has 0 aliphatic rings. The molecule has 0 saturated carbocycles. The Balaban J connectivity index is 2.25. The van der Waals surface area contributed by atoms with Gasteiger partial charge in [0.1, 0.15) is 11.6 Å². The molecule has 0 amide bonds. The zero-order valence-corrected chi connectivity index (χ0v) is 13.5. The van der Waals surface area contributed by atoms with Gasteiger partial charge < -0.3 is 11.1 Å². The highest BCUT2D eigenvalue weighted by Gasteiger charge is 2.13. The van der Waals surface area contributed by atoms with Gasteiger partial charge in [0.15, 0.2) is 0 Å². The van der Waals surface area contributed by atoms with E-state index in [0.717, 1.165) is 35.0 Å². The smallest absolute Gasteiger partial charge is 0.124 e. The predicted octanol–water partition coefficient (Wildman–Crippen LogP) is 3.85. The van der Waals surface area contributed by atoms with E-state index in [1.807, 2.05) is 18.2 Å². The molecule has 21 heavy (non-hydrogen) atoms. The molecule has 0 fully saturated rings. The Morgan fingerprint density at radius 1 is 1.33 bits per heavy atom. The van der Waals surface area contributed by atoms with Crippen LogP contribution in [0.5, 0.6) is 0 Å². The van der Waals surface area contributed by atoms with E-state index in [4.69, 9.17) is 5.73 Å². The Morgan fingerprint density at radius 3 is 2.81 bits per heavy atom. The fourth-order valence-corrected chi connectivity index (χ4v) is 2.74. The molecule has 1 aromatic carbocycles. The first kappa shape index (κ1) is 15.9. The second kappa shape index (κ2) is 7.52. The Kier molecular flexibility index (Phi) is 5.70. The lowest BCUT2D eigenvalue weighted by Gasteiger charge is -2.20.